The molecule has 0 aliphatic heterocycles. The van der Waals surface area contributed by atoms with E-state index in [1.807, 2.05) is 0 Å². The number of alkyl halides is 5. The zero-order valence-corrected chi connectivity index (χ0v) is 10.1. The van der Waals surface area contributed by atoms with Crippen molar-refractivity contribution in [1.82, 2.24) is 4.98 Å². The Balaban J connectivity index is 3.48. The molecule has 10 heteroatoms. The van der Waals surface area contributed by atoms with Crippen molar-refractivity contribution in [2.45, 2.75) is 12.8 Å². The number of nitrogens with zero attached hydrogens (tertiary/aromatic N) is 1. The third kappa shape index (κ3) is 3.68. The average Bonchev–Trinajstić information content (AvgIpc) is 2.35. The third-order valence-electron chi connectivity index (χ3n) is 2.00. The summed E-state index contributed by atoms with van der Waals surface area (Å²) in [4.78, 5) is 14.5. The number of rotatable bonds is 4. The van der Waals surface area contributed by atoms with Crippen LogP contribution in [0.5, 0.6) is 11.6 Å². The van der Waals surface area contributed by atoms with Gasteiger partial charge in [-0.1, -0.05) is 0 Å². The molecule has 0 bridgehead atoms. The summed E-state index contributed by atoms with van der Waals surface area (Å²) >= 11 is 0. The highest BCUT2D eigenvalue weighted by molar-refractivity contribution is 5.93. The molecule has 0 saturated carbocycles. The lowest BCUT2D eigenvalue weighted by atomic mass is 10.2. The van der Waals surface area contributed by atoms with Gasteiger partial charge >= 0.3 is 12.3 Å². The fraction of sp³-hybridized carbons (Fsp3) is 0.400. The number of methoxy groups -OCH3 is 2. The normalized spacial score (nSPS) is 11.4. The van der Waals surface area contributed by atoms with Gasteiger partial charge in [0.05, 0.1) is 14.2 Å². The van der Waals surface area contributed by atoms with E-state index in [1.165, 1.54) is 0 Å². The maximum absolute atomic E-state index is 12.6. The number of aromatic nitrogens is 1. The van der Waals surface area contributed by atoms with Crippen LogP contribution < -0.4 is 9.47 Å². The van der Waals surface area contributed by atoms with E-state index in [1.54, 1.807) is 0 Å². The zero-order valence-electron chi connectivity index (χ0n) is 10.1. The first-order valence-corrected chi connectivity index (χ1v) is 4.90. The molecule has 0 N–H and O–H groups in total. The van der Waals surface area contributed by atoms with Crippen molar-refractivity contribution in [2.75, 3.05) is 14.2 Å². The van der Waals surface area contributed by atoms with Gasteiger partial charge in [0.15, 0.2) is 0 Å². The number of ether oxygens (including phenoxy) is 3. The second-order valence-corrected chi connectivity index (χ2v) is 3.27. The molecule has 1 aromatic heterocycles. The minimum atomic E-state index is -5.16. The minimum Gasteiger partial charge on any atom is -0.478 e. The molecule has 1 rings (SSSR count). The Kier molecular flexibility index (Phi) is 4.69. The lowest BCUT2D eigenvalue weighted by Gasteiger charge is -2.15. The fourth-order valence-corrected chi connectivity index (χ4v) is 1.26. The summed E-state index contributed by atoms with van der Waals surface area (Å²) in [7, 11) is 1.76. The summed E-state index contributed by atoms with van der Waals surface area (Å²) in [5.74, 6) is -3.34. The van der Waals surface area contributed by atoms with Gasteiger partial charge in [-0.25, -0.2) is 18.6 Å². The van der Waals surface area contributed by atoms with Crippen LogP contribution in [0.25, 0.3) is 0 Å². The quantitative estimate of drug-likeness (QED) is 0.632. The molecule has 1 aromatic rings. The summed E-state index contributed by atoms with van der Waals surface area (Å²) in [6.07, 6.45) is -8.28. The predicted molar refractivity (Wildman–Crippen MR) is 53.8 cm³/mol. The van der Waals surface area contributed by atoms with Gasteiger partial charge in [-0.15, -0.1) is 13.2 Å². The number of hydrogen-bond donors (Lipinski definition) is 0. The van der Waals surface area contributed by atoms with E-state index in [4.69, 9.17) is 0 Å². The highest BCUT2D eigenvalue weighted by Gasteiger charge is 2.36. The Bertz CT molecular complexity index is 503. The van der Waals surface area contributed by atoms with Crippen LogP contribution in [0.2, 0.25) is 0 Å². The Morgan fingerprint density at radius 3 is 2.30 bits per heavy atom. The number of carbonyl (C=O) groups is 1. The zero-order chi connectivity index (χ0) is 15.5. The monoisotopic (exact) mass is 301 g/mol. The highest BCUT2D eigenvalue weighted by atomic mass is 19.4. The minimum absolute atomic E-state index is 0.445. The summed E-state index contributed by atoms with van der Waals surface area (Å²) in [5, 5.41) is 0. The first-order chi connectivity index (χ1) is 9.19. The molecule has 5 nitrogen and oxygen atoms in total. The average molecular weight is 301 g/mol. The van der Waals surface area contributed by atoms with Crippen LogP contribution in [-0.2, 0) is 4.74 Å². The summed E-state index contributed by atoms with van der Waals surface area (Å²) < 4.78 is 74.1. The van der Waals surface area contributed by atoms with Crippen molar-refractivity contribution in [3.8, 4) is 11.6 Å². The maximum Gasteiger partial charge on any atom is 0.573 e. The molecule has 20 heavy (non-hydrogen) atoms. The molecule has 0 aliphatic carbocycles. The van der Waals surface area contributed by atoms with Crippen LogP contribution >= 0.6 is 0 Å². The van der Waals surface area contributed by atoms with Gasteiger partial charge in [0.1, 0.15) is 11.3 Å². The molecule has 1 heterocycles. The molecular weight excluding hydrogens is 293 g/mol. The first-order valence-electron chi connectivity index (χ1n) is 4.90. The smallest absolute Gasteiger partial charge is 0.478 e. The van der Waals surface area contributed by atoms with Gasteiger partial charge in [-0.05, 0) is 6.07 Å². The highest BCUT2D eigenvalue weighted by Crippen LogP contribution is 2.36. The van der Waals surface area contributed by atoms with Crippen molar-refractivity contribution >= 4 is 5.97 Å². The van der Waals surface area contributed by atoms with Crippen LogP contribution in [0.1, 0.15) is 22.5 Å². The van der Waals surface area contributed by atoms with Crippen LogP contribution in [-0.4, -0.2) is 31.5 Å². The van der Waals surface area contributed by atoms with Gasteiger partial charge in [0.2, 0.25) is 5.75 Å². The molecule has 0 saturated heterocycles. The SMILES string of the molecule is COC(=O)c1cc(C(F)F)nc(OC)c1OC(F)(F)F. The van der Waals surface area contributed by atoms with Gasteiger partial charge in [0, 0.05) is 0 Å². The second-order valence-electron chi connectivity index (χ2n) is 3.27. The van der Waals surface area contributed by atoms with E-state index in [2.05, 4.69) is 19.2 Å². The summed E-state index contributed by atoms with van der Waals surface area (Å²) in [6.45, 7) is 0. The topological polar surface area (TPSA) is 57.7 Å². The molecule has 0 fully saturated rings. The first kappa shape index (κ1) is 15.9. The standard InChI is InChI=1S/C10H8F5NO4/c1-18-8-6(20-10(13,14)15)4(9(17)19-2)3-5(16-8)7(11)12/h3,7H,1-2H3. The van der Waals surface area contributed by atoms with Crippen molar-refractivity contribution in [2.24, 2.45) is 0 Å². The van der Waals surface area contributed by atoms with E-state index in [-0.39, 0.29) is 0 Å². The lowest BCUT2D eigenvalue weighted by Crippen LogP contribution is -2.21. The van der Waals surface area contributed by atoms with Crippen molar-refractivity contribution in [1.29, 1.82) is 0 Å². The molecule has 0 amide bonds. The number of pyridine rings is 1. The molecule has 0 spiro atoms. The largest absolute Gasteiger partial charge is 0.573 e. The third-order valence-corrected chi connectivity index (χ3v) is 2.00. The van der Waals surface area contributed by atoms with Crippen LogP contribution in [0, 0.1) is 0 Å². The van der Waals surface area contributed by atoms with Crippen LogP contribution in [0.3, 0.4) is 0 Å². The second kappa shape index (κ2) is 5.88. The van der Waals surface area contributed by atoms with Gasteiger partial charge in [-0.2, -0.15) is 0 Å². The number of esters is 1. The fourth-order valence-electron chi connectivity index (χ4n) is 1.26. The van der Waals surface area contributed by atoms with Crippen molar-refractivity contribution in [3.05, 3.63) is 17.3 Å². The molecule has 0 unspecified atom stereocenters. The lowest BCUT2D eigenvalue weighted by molar-refractivity contribution is -0.275. The molecule has 0 radical (unpaired) electrons. The summed E-state index contributed by atoms with van der Waals surface area (Å²) in [6, 6.07) is 0.445. The van der Waals surface area contributed by atoms with E-state index in [0.29, 0.717) is 6.07 Å². The Morgan fingerprint density at radius 1 is 1.30 bits per heavy atom. The number of carbonyl (C=O) groups excluding carboxylic acids is 1. The predicted octanol–water partition coefficient (Wildman–Crippen LogP) is 2.71. The Morgan fingerprint density at radius 2 is 1.90 bits per heavy atom. The van der Waals surface area contributed by atoms with Gasteiger partial charge in [-0.3, -0.25) is 0 Å². The number of halogens is 5. The molecule has 0 aliphatic rings. The van der Waals surface area contributed by atoms with E-state index in [9.17, 15) is 26.7 Å². The van der Waals surface area contributed by atoms with E-state index in [0.717, 1.165) is 14.2 Å². The molecule has 0 atom stereocenters. The van der Waals surface area contributed by atoms with Crippen LogP contribution in [0.15, 0.2) is 6.07 Å². The number of hydrogen-bond acceptors (Lipinski definition) is 5. The maximum atomic E-state index is 12.6. The summed E-state index contributed by atoms with van der Waals surface area (Å²) in [5.41, 5.74) is -1.82. The Labute approximate surface area is 109 Å². The molecular formula is C10H8F5NO4. The van der Waals surface area contributed by atoms with Crippen molar-refractivity contribution in [3.63, 3.8) is 0 Å². The molecule has 0 aromatic carbocycles. The van der Waals surface area contributed by atoms with Crippen LogP contribution in [0.4, 0.5) is 22.0 Å². The van der Waals surface area contributed by atoms with E-state index >= 15 is 0 Å². The van der Waals surface area contributed by atoms with Gasteiger partial charge in [0.25, 0.3) is 12.3 Å². The van der Waals surface area contributed by atoms with E-state index < -0.39 is 41.6 Å². The molecule has 112 valence electrons. The Hall–Kier alpha value is -2.13. The van der Waals surface area contributed by atoms with Gasteiger partial charge < -0.3 is 14.2 Å². The van der Waals surface area contributed by atoms with Crippen molar-refractivity contribution < 1.29 is 41.0 Å².